The minimum atomic E-state index is -3.88. The van der Waals surface area contributed by atoms with Gasteiger partial charge in [-0.15, -0.1) is 0 Å². The molecule has 9 nitrogen and oxygen atoms in total. The van der Waals surface area contributed by atoms with Gasteiger partial charge in [0.2, 0.25) is 20.0 Å². The van der Waals surface area contributed by atoms with E-state index < -0.39 is 31.9 Å². The van der Waals surface area contributed by atoms with Crippen molar-refractivity contribution in [3.8, 4) is 0 Å². The number of sulfonamides is 2. The van der Waals surface area contributed by atoms with Crippen LogP contribution in [-0.2, 0) is 34.3 Å². The van der Waals surface area contributed by atoms with Gasteiger partial charge in [-0.05, 0) is 24.3 Å². The molecule has 0 aliphatic carbocycles. The molecular formula is C17H26N2O7S2. The van der Waals surface area contributed by atoms with Crippen molar-refractivity contribution in [2.75, 3.05) is 46.5 Å². The summed E-state index contributed by atoms with van der Waals surface area (Å²) in [6.45, 7) is 4.57. The van der Waals surface area contributed by atoms with Crippen LogP contribution in [0.3, 0.4) is 0 Å². The first-order chi connectivity index (χ1) is 13.1. The Labute approximate surface area is 166 Å². The van der Waals surface area contributed by atoms with Gasteiger partial charge >= 0.3 is 5.97 Å². The van der Waals surface area contributed by atoms with Crippen molar-refractivity contribution in [3.63, 3.8) is 0 Å². The minimum Gasteiger partial charge on any atom is -0.469 e. The number of benzene rings is 1. The molecule has 0 spiro atoms. The molecule has 0 amide bonds. The van der Waals surface area contributed by atoms with Gasteiger partial charge in [-0.2, -0.15) is 8.61 Å². The van der Waals surface area contributed by atoms with Crippen LogP contribution in [0.5, 0.6) is 0 Å². The van der Waals surface area contributed by atoms with E-state index in [1.54, 1.807) is 13.8 Å². The predicted octanol–water partition coefficient (Wildman–Crippen LogP) is 0.527. The Hall–Kier alpha value is -1.53. The number of carbonyl (C=O) groups is 1. The van der Waals surface area contributed by atoms with E-state index in [9.17, 15) is 21.6 Å². The van der Waals surface area contributed by atoms with Crippen LogP contribution in [-0.4, -0.2) is 77.9 Å². The van der Waals surface area contributed by atoms with E-state index in [-0.39, 0.29) is 36.0 Å². The molecule has 0 aromatic heterocycles. The molecule has 0 bridgehead atoms. The molecule has 1 aliphatic rings. The zero-order chi connectivity index (χ0) is 20.9. The fourth-order valence-corrected chi connectivity index (χ4v) is 5.79. The molecule has 1 heterocycles. The van der Waals surface area contributed by atoms with Gasteiger partial charge in [0.1, 0.15) is 0 Å². The summed E-state index contributed by atoms with van der Waals surface area (Å²) in [5.74, 6) is -1.12. The lowest BCUT2D eigenvalue weighted by Crippen LogP contribution is -2.40. The standard InChI is InChI=1S/C17H26N2O7S2/c1-4-18(13-14(2)17(20)25-3)27(21,22)15-5-7-16(8-6-15)28(23,24)19-9-11-26-12-10-19/h5-8,14H,4,9-13H2,1-3H3. The molecule has 1 aromatic carbocycles. The third-order valence-corrected chi connectivity index (χ3v) is 8.37. The van der Waals surface area contributed by atoms with Gasteiger partial charge in [0.05, 0.1) is 36.0 Å². The normalized spacial score (nSPS) is 17.4. The van der Waals surface area contributed by atoms with Crippen molar-refractivity contribution < 1.29 is 31.1 Å². The predicted molar refractivity (Wildman–Crippen MR) is 102 cm³/mol. The number of morpholine rings is 1. The van der Waals surface area contributed by atoms with Crippen LogP contribution in [0.25, 0.3) is 0 Å². The van der Waals surface area contributed by atoms with Crippen molar-refractivity contribution in [2.24, 2.45) is 5.92 Å². The van der Waals surface area contributed by atoms with Gasteiger partial charge in [0, 0.05) is 26.2 Å². The first-order valence-corrected chi connectivity index (χ1v) is 11.8. The summed E-state index contributed by atoms with van der Waals surface area (Å²) in [5, 5.41) is 0. The van der Waals surface area contributed by atoms with Gasteiger partial charge in [-0.25, -0.2) is 16.8 Å². The number of carbonyl (C=O) groups excluding carboxylic acids is 1. The molecule has 0 N–H and O–H groups in total. The number of hydrogen-bond donors (Lipinski definition) is 0. The average molecular weight is 435 g/mol. The Bertz CT molecular complexity index is 877. The lowest BCUT2D eigenvalue weighted by molar-refractivity contribution is -0.145. The summed E-state index contributed by atoms with van der Waals surface area (Å²) in [5.41, 5.74) is 0. The van der Waals surface area contributed by atoms with Gasteiger partial charge in [-0.3, -0.25) is 4.79 Å². The van der Waals surface area contributed by atoms with Crippen LogP contribution in [0.2, 0.25) is 0 Å². The summed E-state index contributed by atoms with van der Waals surface area (Å²) >= 11 is 0. The molecule has 1 aliphatic heterocycles. The van der Waals surface area contributed by atoms with Crippen molar-refractivity contribution >= 4 is 26.0 Å². The number of esters is 1. The molecule has 1 saturated heterocycles. The van der Waals surface area contributed by atoms with Crippen molar-refractivity contribution in [1.29, 1.82) is 0 Å². The maximum absolute atomic E-state index is 12.9. The van der Waals surface area contributed by atoms with Crippen molar-refractivity contribution in [1.82, 2.24) is 8.61 Å². The maximum Gasteiger partial charge on any atom is 0.309 e. The first kappa shape index (κ1) is 22.8. The molecule has 1 fully saturated rings. The molecule has 1 aromatic rings. The highest BCUT2D eigenvalue weighted by Crippen LogP contribution is 2.22. The van der Waals surface area contributed by atoms with E-state index in [1.807, 2.05) is 0 Å². The summed E-state index contributed by atoms with van der Waals surface area (Å²) in [6.07, 6.45) is 0. The Morgan fingerprint density at radius 2 is 1.68 bits per heavy atom. The third-order valence-electron chi connectivity index (χ3n) is 4.50. The fourth-order valence-electron chi connectivity index (χ4n) is 2.85. The molecule has 11 heteroatoms. The van der Waals surface area contributed by atoms with Crippen LogP contribution in [0, 0.1) is 5.92 Å². The van der Waals surface area contributed by atoms with Crippen LogP contribution < -0.4 is 0 Å². The smallest absolute Gasteiger partial charge is 0.309 e. The van der Waals surface area contributed by atoms with Crippen LogP contribution in [0.1, 0.15) is 13.8 Å². The lowest BCUT2D eigenvalue weighted by atomic mass is 10.2. The molecular weight excluding hydrogens is 408 g/mol. The second kappa shape index (κ2) is 9.31. The number of methoxy groups -OCH3 is 1. The highest BCUT2D eigenvalue weighted by molar-refractivity contribution is 7.89. The Morgan fingerprint density at radius 3 is 2.18 bits per heavy atom. The monoisotopic (exact) mass is 434 g/mol. The first-order valence-electron chi connectivity index (χ1n) is 8.90. The minimum absolute atomic E-state index is 0.0272. The highest BCUT2D eigenvalue weighted by Gasteiger charge is 2.29. The van der Waals surface area contributed by atoms with E-state index >= 15 is 0 Å². The number of ether oxygens (including phenoxy) is 2. The molecule has 2 rings (SSSR count). The van der Waals surface area contributed by atoms with Crippen molar-refractivity contribution in [2.45, 2.75) is 23.6 Å². The summed E-state index contributed by atoms with van der Waals surface area (Å²) in [6, 6.07) is 5.12. The molecule has 28 heavy (non-hydrogen) atoms. The quantitative estimate of drug-likeness (QED) is 0.549. The second-order valence-corrected chi connectivity index (χ2v) is 10.2. The summed E-state index contributed by atoms with van der Waals surface area (Å²) in [4.78, 5) is 11.6. The van der Waals surface area contributed by atoms with Gasteiger partial charge in [-0.1, -0.05) is 13.8 Å². The van der Waals surface area contributed by atoms with E-state index in [0.717, 1.165) is 0 Å². The van der Waals surface area contributed by atoms with Gasteiger partial charge < -0.3 is 9.47 Å². The third kappa shape index (κ3) is 4.90. The Kier molecular flexibility index (Phi) is 7.57. The number of nitrogens with zero attached hydrogens (tertiary/aromatic N) is 2. The SMILES string of the molecule is CCN(CC(C)C(=O)OC)S(=O)(=O)c1ccc(S(=O)(=O)N2CCOCC2)cc1. The molecule has 0 radical (unpaired) electrons. The van der Waals surface area contributed by atoms with E-state index in [2.05, 4.69) is 4.74 Å². The lowest BCUT2D eigenvalue weighted by Gasteiger charge is -2.26. The second-order valence-electron chi connectivity index (χ2n) is 6.37. The van der Waals surface area contributed by atoms with Gasteiger partial charge in [0.25, 0.3) is 0 Å². The average Bonchev–Trinajstić information content (AvgIpc) is 2.71. The molecule has 1 unspecified atom stereocenters. The topological polar surface area (TPSA) is 110 Å². The maximum atomic E-state index is 12.9. The number of rotatable bonds is 8. The molecule has 0 saturated carbocycles. The molecule has 1 atom stereocenters. The van der Waals surface area contributed by atoms with E-state index in [4.69, 9.17) is 4.74 Å². The zero-order valence-corrected chi connectivity index (χ0v) is 17.8. The van der Waals surface area contributed by atoms with Gasteiger partial charge in [0.15, 0.2) is 0 Å². The summed E-state index contributed by atoms with van der Waals surface area (Å²) in [7, 11) is -6.33. The van der Waals surface area contributed by atoms with Crippen LogP contribution >= 0.6 is 0 Å². The van der Waals surface area contributed by atoms with E-state index in [0.29, 0.717) is 13.2 Å². The number of hydrogen-bond acceptors (Lipinski definition) is 7. The van der Waals surface area contributed by atoms with Crippen LogP contribution in [0.15, 0.2) is 34.1 Å². The largest absolute Gasteiger partial charge is 0.469 e. The molecule has 158 valence electrons. The van der Waals surface area contributed by atoms with Crippen molar-refractivity contribution in [3.05, 3.63) is 24.3 Å². The zero-order valence-electron chi connectivity index (χ0n) is 16.2. The Balaban J connectivity index is 2.23. The van der Waals surface area contributed by atoms with Crippen LogP contribution in [0.4, 0.5) is 0 Å². The fraction of sp³-hybridized carbons (Fsp3) is 0.588. The Morgan fingerprint density at radius 1 is 1.14 bits per heavy atom. The summed E-state index contributed by atoms with van der Waals surface area (Å²) < 4.78 is 63.3. The van der Waals surface area contributed by atoms with E-state index in [1.165, 1.54) is 40.0 Å². The highest BCUT2D eigenvalue weighted by atomic mass is 32.2.